The highest BCUT2D eigenvalue weighted by Crippen LogP contribution is 2.51. The van der Waals surface area contributed by atoms with E-state index in [1.165, 1.54) is 0 Å². The summed E-state index contributed by atoms with van der Waals surface area (Å²) >= 11 is 12.6. The van der Waals surface area contributed by atoms with Crippen molar-refractivity contribution in [1.29, 1.82) is 0 Å². The number of dihydropyridines is 1. The largest absolute Gasteiger partial charge is 0.362 e. The van der Waals surface area contributed by atoms with Crippen LogP contribution in [0, 0.1) is 10.8 Å². The maximum atomic E-state index is 13.2. The third-order valence-corrected chi connectivity index (χ3v) is 6.37. The van der Waals surface area contributed by atoms with Crippen LogP contribution in [0.25, 0.3) is 0 Å². The van der Waals surface area contributed by atoms with Crippen LogP contribution in [0.4, 0.5) is 0 Å². The number of carbonyl (C=O) groups excluding carboxylic acids is 2. The SMILES string of the molecule is CC1(C)CC(=O)C2=C(C1)NC1=C(C(=O)CC(C)(C)C1)C2c1cc(Cl)cc(Cl)c1. The van der Waals surface area contributed by atoms with Crippen LogP contribution in [-0.4, -0.2) is 11.6 Å². The second-order valence-electron chi connectivity index (χ2n) is 9.93. The van der Waals surface area contributed by atoms with E-state index in [1.807, 2.05) is 12.1 Å². The summed E-state index contributed by atoms with van der Waals surface area (Å²) in [6, 6.07) is 5.34. The molecule has 0 aromatic heterocycles. The van der Waals surface area contributed by atoms with E-state index in [0.717, 1.165) is 29.8 Å². The van der Waals surface area contributed by atoms with Crippen molar-refractivity contribution in [3.05, 3.63) is 56.3 Å². The van der Waals surface area contributed by atoms with Crippen molar-refractivity contribution in [2.75, 3.05) is 0 Å². The van der Waals surface area contributed by atoms with Gasteiger partial charge in [-0.3, -0.25) is 9.59 Å². The van der Waals surface area contributed by atoms with Crippen LogP contribution in [0.15, 0.2) is 40.7 Å². The summed E-state index contributed by atoms with van der Waals surface area (Å²) in [6.45, 7) is 8.45. The van der Waals surface area contributed by atoms with E-state index in [-0.39, 0.29) is 22.4 Å². The summed E-state index contributed by atoms with van der Waals surface area (Å²) in [7, 11) is 0. The zero-order valence-electron chi connectivity index (χ0n) is 16.7. The van der Waals surface area contributed by atoms with E-state index in [2.05, 4.69) is 33.0 Å². The van der Waals surface area contributed by atoms with E-state index in [1.54, 1.807) is 6.07 Å². The first-order valence-electron chi connectivity index (χ1n) is 9.71. The topological polar surface area (TPSA) is 46.2 Å². The molecule has 1 aromatic rings. The Labute approximate surface area is 176 Å². The van der Waals surface area contributed by atoms with Gasteiger partial charge in [0, 0.05) is 51.3 Å². The molecule has 3 nitrogen and oxygen atoms in total. The van der Waals surface area contributed by atoms with E-state index in [9.17, 15) is 9.59 Å². The molecular weight excluding hydrogens is 393 g/mol. The van der Waals surface area contributed by atoms with Crippen LogP contribution >= 0.6 is 23.2 Å². The number of hydrogen-bond donors (Lipinski definition) is 1. The Balaban J connectivity index is 1.94. The van der Waals surface area contributed by atoms with Gasteiger partial charge in [0.2, 0.25) is 0 Å². The van der Waals surface area contributed by atoms with Gasteiger partial charge in [-0.2, -0.15) is 0 Å². The number of nitrogens with one attached hydrogen (secondary N) is 1. The molecule has 1 heterocycles. The lowest BCUT2D eigenvalue weighted by Crippen LogP contribution is -2.42. The fourth-order valence-corrected chi connectivity index (χ4v) is 5.51. The van der Waals surface area contributed by atoms with Crippen LogP contribution in [0.3, 0.4) is 0 Å². The maximum Gasteiger partial charge on any atom is 0.162 e. The van der Waals surface area contributed by atoms with Gasteiger partial charge < -0.3 is 5.32 Å². The minimum absolute atomic E-state index is 0.101. The summed E-state index contributed by atoms with van der Waals surface area (Å²) in [6.07, 6.45) is 2.51. The van der Waals surface area contributed by atoms with Crippen molar-refractivity contribution in [1.82, 2.24) is 5.32 Å². The monoisotopic (exact) mass is 417 g/mol. The number of allylic oxidation sites excluding steroid dienone is 4. The molecule has 28 heavy (non-hydrogen) atoms. The molecule has 0 unspecified atom stereocenters. The highest BCUT2D eigenvalue weighted by Gasteiger charge is 2.46. The molecule has 0 amide bonds. The smallest absolute Gasteiger partial charge is 0.162 e. The second-order valence-corrected chi connectivity index (χ2v) is 10.8. The van der Waals surface area contributed by atoms with Gasteiger partial charge in [0.15, 0.2) is 11.6 Å². The molecule has 4 rings (SSSR count). The van der Waals surface area contributed by atoms with Crippen molar-refractivity contribution in [3.8, 4) is 0 Å². The molecule has 0 atom stereocenters. The lowest BCUT2D eigenvalue weighted by Gasteiger charge is -2.44. The van der Waals surface area contributed by atoms with Crippen LogP contribution in [-0.2, 0) is 9.59 Å². The quantitative estimate of drug-likeness (QED) is 0.612. The summed E-state index contributed by atoms with van der Waals surface area (Å²) in [5, 5.41) is 4.53. The number of hydrogen-bond acceptors (Lipinski definition) is 3. The highest BCUT2D eigenvalue weighted by atomic mass is 35.5. The van der Waals surface area contributed by atoms with Gasteiger partial charge in [-0.1, -0.05) is 50.9 Å². The molecule has 0 bridgehead atoms. The Morgan fingerprint density at radius 3 is 1.64 bits per heavy atom. The van der Waals surface area contributed by atoms with Crippen molar-refractivity contribution in [2.45, 2.75) is 59.3 Å². The molecule has 3 aliphatic rings. The van der Waals surface area contributed by atoms with Gasteiger partial charge in [-0.25, -0.2) is 0 Å². The Kier molecular flexibility index (Phi) is 4.55. The first kappa shape index (κ1) is 19.7. The summed E-state index contributed by atoms with van der Waals surface area (Å²) in [4.78, 5) is 26.4. The predicted octanol–water partition coefficient (Wildman–Crippen LogP) is 5.97. The molecular formula is C23H25Cl2NO2. The number of carbonyl (C=O) groups is 2. The van der Waals surface area contributed by atoms with Gasteiger partial charge in [0.25, 0.3) is 0 Å². The molecule has 1 aliphatic heterocycles. The zero-order chi connectivity index (χ0) is 20.4. The number of benzene rings is 1. The lowest BCUT2D eigenvalue weighted by atomic mass is 9.64. The van der Waals surface area contributed by atoms with Gasteiger partial charge in [-0.05, 0) is 47.4 Å². The molecule has 5 heteroatoms. The minimum atomic E-state index is -0.394. The highest BCUT2D eigenvalue weighted by molar-refractivity contribution is 6.34. The van der Waals surface area contributed by atoms with E-state index in [4.69, 9.17) is 23.2 Å². The summed E-state index contributed by atoms with van der Waals surface area (Å²) in [5.41, 5.74) is 3.93. The van der Waals surface area contributed by atoms with Crippen LogP contribution in [0.5, 0.6) is 0 Å². The van der Waals surface area contributed by atoms with Gasteiger partial charge in [0.05, 0.1) is 0 Å². The standard InChI is InChI=1S/C23H25Cl2NO2/c1-22(2)8-15-20(17(27)10-22)19(12-5-13(24)7-14(25)6-12)21-16(26-15)9-23(3,4)11-18(21)28/h5-7,19,26H,8-11H2,1-4H3. The molecule has 148 valence electrons. The molecule has 1 N–H and O–H groups in total. The fraction of sp³-hybridized carbons (Fsp3) is 0.478. The lowest BCUT2D eigenvalue weighted by molar-refractivity contribution is -0.119. The van der Waals surface area contributed by atoms with Gasteiger partial charge in [0.1, 0.15) is 0 Å². The Morgan fingerprint density at radius 2 is 1.21 bits per heavy atom. The van der Waals surface area contributed by atoms with Gasteiger partial charge >= 0.3 is 0 Å². The number of Topliss-reactive ketones (excluding diaryl/α,β-unsaturated/α-hetero) is 2. The summed E-state index contributed by atoms with van der Waals surface area (Å²) < 4.78 is 0. The predicted molar refractivity (Wildman–Crippen MR) is 112 cm³/mol. The average Bonchev–Trinajstić information content (AvgIpc) is 2.49. The first-order chi connectivity index (χ1) is 13.0. The third kappa shape index (κ3) is 3.44. The van der Waals surface area contributed by atoms with Crippen molar-refractivity contribution in [3.63, 3.8) is 0 Å². The van der Waals surface area contributed by atoms with Crippen LogP contribution in [0.2, 0.25) is 10.0 Å². The Morgan fingerprint density at radius 1 is 0.786 bits per heavy atom. The molecule has 2 aliphatic carbocycles. The molecule has 1 aromatic carbocycles. The second kappa shape index (κ2) is 6.47. The van der Waals surface area contributed by atoms with Crippen molar-refractivity contribution in [2.24, 2.45) is 10.8 Å². The molecule has 0 radical (unpaired) electrons. The van der Waals surface area contributed by atoms with E-state index < -0.39 is 5.92 Å². The molecule has 0 saturated heterocycles. The van der Waals surface area contributed by atoms with Crippen LogP contribution in [0.1, 0.15) is 64.9 Å². The maximum absolute atomic E-state index is 13.2. The first-order valence-corrected chi connectivity index (χ1v) is 10.5. The van der Waals surface area contributed by atoms with E-state index in [0.29, 0.717) is 34.0 Å². The fourth-order valence-electron chi connectivity index (χ4n) is 4.96. The average molecular weight is 418 g/mol. The number of rotatable bonds is 1. The normalized spacial score (nSPS) is 24.1. The third-order valence-electron chi connectivity index (χ3n) is 5.94. The Hall–Kier alpha value is -1.58. The number of halogens is 2. The zero-order valence-corrected chi connectivity index (χ0v) is 18.2. The minimum Gasteiger partial charge on any atom is -0.362 e. The Bertz CT molecular complexity index is 897. The van der Waals surface area contributed by atoms with E-state index >= 15 is 0 Å². The summed E-state index contributed by atoms with van der Waals surface area (Å²) in [5.74, 6) is -0.192. The number of ketones is 2. The molecule has 0 saturated carbocycles. The van der Waals surface area contributed by atoms with Gasteiger partial charge in [-0.15, -0.1) is 0 Å². The molecule has 0 spiro atoms. The van der Waals surface area contributed by atoms with Crippen molar-refractivity contribution < 1.29 is 9.59 Å². The van der Waals surface area contributed by atoms with Crippen LogP contribution < -0.4 is 5.32 Å². The molecule has 0 fully saturated rings. The van der Waals surface area contributed by atoms with Crippen molar-refractivity contribution >= 4 is 34.8 Å².